The van der Waals surface area contributed by atoms with Crippen molar-refractivity contribution >= 4 is 32.7 Å². The Morgan fingerprint density at radius 3 is 2.81 bits per heavy atom. The number of nitrogens with zero attached hydrogens (tertiary/aromatic N) is 2. The molecule has 8 nitrogen and oxygen atoms in total. The zero-order chi connectivity index (χ0) is 18.7. The van der Waals surface area contributed by atoms with Gasteiger partial charge in [-0.15, -0.1) is 0 Å². The van der Waals surface area contributed by atoms with Crippen LogP contribution in [0.4, 0.5) is 5.82 Å². The van der Waals surface area contributed by atoms with E-state index >= 15 is 0 Å². The van der Waals surface area contributed by atoms with Gasteiger partial charge in [0, 0.05) is 29.7 Å². The topological polar surface area (TPSA) is 108 Å². The van der Waals surface area contributed by atoms with Gasteiger partial charge in [-0.3, -0.25) is 4.79 Å². The van der Waals surface area contributed by atoms with E-state index in [4.69, 9.17) is 4.52 Å². The molecule has 0 unspecified atom stereocenters. The van der Waals surface area contributed by atoms with Gasteiger partial charge in [0.15, 0.2) is 5.82 Å². The van der Waals surface area contributed by atoms with Gasteiger partial charge in [0.2, 0.25) is 15.9 Å². The zero-order valence-electron chi connectivity index (χ0n) is 14.5. The van der Waals surface area contributed by atoms with Gasteiger partial charge in [-0.05, 0) is 18.6 Å². The van der Waals surface area contributed by atoms with Gasteiger partial charge < -0.3 is 14.8 Å². The number of nitrogens with one attached hydrogen (secondary N) is 2. The van der Waals surface area contributed by atoms with Crippen LogP contribution in [0.3, 0.4) is 0 Å². The minimum Gasteiger partial charge on any atom is -0.361 e. The van der Waals surface area contributed by atoms with Gasteiger partial charge in [-0.2, -0.15) is 0 Å². The summed E-state index contributed by atoms with van der Waals surface area (Å²) in [7, 11) is -3.53. The third-order valence-electron chi connectivity index (χ3n) is 3.93. The fraction of sp³-hybridized carbons (Fsp3) is 0.294. The Morgan fingerprint density at radius 2 is 2.12 bits per heavy atom. The molecule has 0 atom stereocenters. The molecule has 0 radical (unpaired) electrons. The van der Waals surface area contributed by atoms with Crippen molar-refractivity contribution in [2.75, 3.05) is 23.7 Å². The molecule has 3 rings (SSSR count). The third-order valence-corrected chi connectivity index (χ3v) is 5.10. The lowest BCUT2D eigenvalue weighted by Gasteiger charge is -2.19. The summed E-state index contributed by atoms with van der Waals surface area (Å²) < 4.78 is 29.9. The van der Waals surface area contributed by atoms with Crippen LogP contribution in [0.1, 0.15) is 11.3 Å². The molecule has 0 fully saturated rings. The van der Waals surface area contributed by atoms with Crippen molar-refractivity contribution < 1.29 is 17.7 Å². The zero-order valence-corrected chi connectivity index (χ0v) is 15.3. The Morgan fingerprint density at radius 1 is 1.35 bits per heavy atom. The monoisotopic (exact) mass is 376 g/mol. The molecule has 0 aliphatic rings. The number of hydrogen-bond acceptors (Lipinski definition) is 5. The van der Waals surface area contributed by atoms with Crippen LogP contribution in [0.15, 0.2) is 41.1 Å². The van der Waals surface area contributed by atoms with E-state index in [0.29, 0.717) is 5.76 Å². The number of hydrogen-bond donors (Lipinski definition) is 2. The number of fused-ring (bicyclic) bond motifs is 1. The number of H-pyrrole nitrogens is 1. The smallest absolute Gasteiger partial charge is 0.233 e. The Kier molecular flexibility index (Phi) is 4.99. The number of para-hydroxylation sites is 1. The molecular weight excluding hydrogens is 356 g/mol. The summed E-state index contributed by atoms with van der Waals surface area (Å²) in [5.74, 6) is 0.535. The number of aromatic amines is 1. The van der Waals surface area contributed by atoms with Crippen LogP contribution >= 0.6 is 0 Å². The first-order valence-corrected chi connectivity index (χ1v) is 9.92. The average Bonchev–Trinajstić information content (AvgIpc) is 3.17. The number of aromatic nitrogens is 2. The maximum atomic E-state index is 12.2. The Hall–Kier alpha value is -2.81. The molecule has 0 spiro atoms. The molecule has 0 aliphatic heterocycles. The molecule has 1 amide bonds. The molecule has 2 heterocycles. The quantitative estimate of drug-likeness (QED) is 0.651. The molecule has 26 heavy (non-hydrogen) atoms. The van der Waals surface area contributed by atoms with Crippen molar-refractivity contribution in [3.63, 3.8) is 0 Å². The summed E-state index contributed by atoms with van der Waals surface area (Å²) in [6.07, 6.45) is 3.11. The molecule has 2 aromatic heterocycles. The first-order valence-electron chi connectivity index (χ1n) is 8.07. The van der Waals surface area contributed by atoms with Crippen molar-refractivity contribution in [2.24, 2.45) is 0 Å². The predicted molar refractivity (Wildman–Crippen MR) is 98.4 cm³/mol. The molecule has 138 valence electrons. The maximum Gasteiger partial charge on any atom is 0.233 e. The molecule has 0 aliphatic carbocycles. The van der Waals surface area contributed by atoms with E-state index in [1.807, 2.05) is 30.5 Å². The molecule has 3 aromatic rings. The molecule has 0 saturated heterocycles. The molecule has 0 saturated carbocycles. The third kappa shape index (κ3) is 4.05. The second kappa shape index (κ2) is 7.20. The fourth-order valence-electron chi connectivity index (χ4n) is 2.73. The van der Waals surface area contributed by atoms with E-state index < -0.39 is 10.0 Å². The first-order chi connectivity index (χ1) is 12.3. The lowest BCUT2D eigenvalue weighted by Crippen LogP contribution is -2.38. The van der Waals surface area contributed by atoms with Crippen LogP contribution in [0, 0.1) is 6.92 Å². The normalized spacial score (nSPS) is 11.6. The van der Waals surface area contributed by atoms with Gasteiger partial charge >= 0.3 is 0 Å². The van der Waals surface area contributed by atoms with Crippen molar-refractivity contribution in [1.29, 1.82) is 0 Å². The van der Waals surface area contributed by atoms with Crippen LogP contribution in [0.25, 0.3) is 10.9 Å². The fourth-order valence-corrected chi connectivity index (χ4v) is 3.58. The van der Waals surface area contributed by atoms with E-state index in [2.05, 4.69) is 15.5 Å². The highest BCUT2D eigenvalue weighted by Gasteiger charge is 2.20. The number of benzene rings is 1. The number of carbonyl (C=O) groups is 1. The number of amides is 1. The summed E-state index contributed by atoms with van der Waals surface area (Å²) in [4.78, 5) is 15.3. The van der Waals surface area contributed by atoms with Crippen LogP contribution in [0.2, 0.25) is 0 Å². The number of rotatable bonds is 7. The molecule has 0 bridgehead atoms. The van der Waals surface area contributed by atoms with Crippen LogP contribution in [-0.4, -0.2) is 43.8 Å². The largest absolute Gasteiger partial charge is 0.361 e. The lowest BCUT2D eigenvalue weighted by atomic mass is 10.1. The van der Waals surface area contributed by atoms with Crippen molar-refractivity contribution in [3.8, 4) is 0 Å². The SMILES string of the molecule is Cc1cc(N(CCNC(=O)Cc2c[nH]c3ccccc23)S(C)(=O)=O)no1. The Balaban J connectivity index is 1.60. The lowest BCUT2D eigenvalue weighted by molar-refractivity contribution is -0.120. The summed E-state index contributed by atoms with van der Waals surface area (Å²) in [5, 5.41) is 7.48. The first kappa shape index (κ1) is 18.0. The Bertz CT molecular complexity index is 1020. The highest BCUT2D eigenvalue weighted by molar-refractivity contribution is 7.92. The van der Waals surface area contributed by atoms with E-state index in [1.54, 1.807) is 6.92 Å². The molecule has 2 N–H and O–H groups in total. The molecule has 1 aromatic carbocycles. The van der Waals surface area contributed by atoms with Crippen LogP contribution in [-0.2, 0) is 21.2 Å². The van der Waals surface area contributed by atoms with Crippen molar-refractivity contribution in [3.05, 3.63) is 47.9 Å². The number of sulfonamides is 1. The number of anilines is 1. The number of carbonyl (C=O) groups excluding carboxylic acids is 1. The van der Waals surface area contributed by atoms with E-state index in [0.717, 1.165) is 27.0 Å². The second-order valence-corrected chi connectivity index (χ2v) is 7.92. The van der Waals surface area contributed by atoms with Crippen molar-refractivity contribution in [2.45, 2.75) is 13.3 Å². The summed E-state index contributed by atoms with van der Waals surface area (Å²) in [5.41, 5.74) is 1.87. The summed E-state index contributed by atoms with van der Waals surface area (Å²) in [6, 6.07) is 9.28. The van der Waals surface area contributed by atoms with Gasteiger partial charge in [0.25, 0.3) is 0 Å². The minimum atomic E-state index is -3.53. The van der Waals surface area contributed by atoms with Crippen molar-refractivity contribution in [1.82, 2.24) is 15.5 Å². The number of aryl methyl sites for hydroxylation is 1. The molecular formula is C17H20N4O4S. The second-order valence-electron chi connectivity index (χ2n) is 6.02. The van der Waals surface area contributed by atoms with Gasteiger partial charge in [-0.25, -0.2) is 12.7 Å². The van der Waals surface area contributed by atoms with Crippen LogP contribution < -0.4 is 9.62 Å². The maximum absolute atomic E-state index is 12.2. The van der Waals surface area contributed by atoms with E-state index in [9.17, 15) is 13.2 Å². The molecule has 9 heteroatoms. The minimum absolute atomic E-state index is 0.0738. The highest BCUT2D eigenvalue weighted by Crippen LogP contribution is 2.18. The standard InChI is InChI=1S/C17H20N4O4S/c1-12-9-16(20-25-12)21(26(2,23)24)8-7-18-17(22)10-13-11-19-15-6-4-3-5-14(13)15/h3-6,9,11,19H,7-8,10H2,1-2H3,(H,18,22). The summed E-state index contributed by atoms with van der Waals surface area (Å²) >= 11 is 0. The van der Waals surface area contributed by atoms with Gasteiger partial charge in [0.1, 0.15) is 5.76 Å². The van der Waals surface area contributed by atoms with Gasteiger partial charge in [-0.1, -0.05) is 23.4 Å². The van der Waals surface area contributed by atoms with Gasteiger partial charge in [0.05, 0.1) is 19.2 Å². The highest BCUT2D eigenvalue weighted by atomic mass is 32.2. The van der Waals surface area contributed by atoms with E-state index in [1.165, 1.54) is 6.07 Å². The van der Waals surface area contributed by atoms with Crippen LogP contribution in [0.5, 0.6) is 0 Å². The predicted octanol–water partition coefficient (Wildman–Crippen LogP) is 1.59. The average molecular weight is 376 g/mol. The van der Waals surface area contributed by atoms with E-state index in [-0.39, 0.29) is 31.2 Å². The summed E-state index contributed by atoms with van der Waals surface area (Å²) in [6.45, 7) is 1.92. The Labute approximate surface area is 151 Å².